The first-order chi connectivity index (χ1) is 8.17. The fourth-order valence-electron chi connectivity index (χ4n) is 2.40. The minimum atomic E-state index is 0.340. The standard InChI is InChI=1S/C13H22N2O2/c1-4-12-7-15-13(17-12)8-14-11-5-9(2)16-10(3)6-11/h7,9-11,14H,4-6,8H2,1-3H3. The third-order valence-corrected chi connectivity index (χ3v) is 3.19. The van der Waals surface area contributed by atoms with Crippen LogP contribution in [0.25, 0.3) is 0 Å². The highest BCUT2D eigenvalue weighted by molar-refractivity contribution is 4.93. The molecule has 17 heavy (non-hydrogen) atoms. The lowest BCUT2D eigenvalue weighted by Gasteiger charge is -2.32. The number of hydrogen-bond acceptors (Lipinski definition) is 4. The highest BCUT2D eigenvalue weighted by atomic mass is 16.5. The van der Waals surface area contributed by atoms with Gasteiger partial charge in [-0.2, -0.15) is 0 Å². The van der Waals surface area contributed by atoms with Crippen LogP contribution in [0, 0.1) is 0 Å². The summed E-state index contributed by atoms with van der Waals surface area (Å²) in [7, 11) is 0. The summed E-state index contributed by atoms with van der Waals surface area (Å²) in [4.78, 5) is 4.25. The van der Waals surface area contributed by atoms with Crippen LogP contribution in [0.2, 0.25) is 0 Å². The van der Waals surface area contributed by atoms with Crippen molar-refractivity contribution in [3.63, 3.8) is 0 Å². The first-order valence-corrected chi connectivity index (χ1v) is 6.49. The molecule has 0 aliphatic carbocycles. The third kappa shape index (κ3) is 3.54. The van der Waals surface area contributed by atoms with E-state index in [2.05, 4.69) is 31.1 Å². The molecule has 0 radical (unpaired) electrons. The van der Waals surface area contributed by atoms with Gasteiger partial charge in [-0.15, -0.1) is 0 Å². The molecule has 0 saturated carbocycles. The molecule has 0 aromatic carbocycles. The quantitative estimate of drug-likeness (QED) is 0.874. The van der Waals surface area contributed by atoms with E-state index in [1.54, 1.807) is 0 Å². The van der Waals surface area contributed by atoms with E-state index in [-0.39, 0.29) is 0 Å². The molecule has 4 heteroatoms. The Morgan fingerprint density at radius 2 is 2.06 bits per heavy atom. The molecule has 1 aliphatic rings. The minimum absolute atomic E-state index is 0.340. The van der Waals surface area contributed by atoms with Crippen molar-refractivity contribution in [2.45, 2.75) is 64.8 Å². The number of rotatable bonds is 4. The van der Waals surface area contributed by atoms with Crippen LogP contribution in [0.4, 0.5) is 0 Å². The lowest BCUT2D eigenvalue weighted by molar-refractivity contribution is -0.0425. The summed E-state index contributed by atoms with van der Waals surface area (Å²) in [5.41, 5.74) is 0. The first kappa shape index (κ1) is 12.6. The molecule has 2 heterocycles. The Bertz CT molecular complexity index is 341. The summed E-state index contributed by atoms with van der Waals surface area (Å²) in [6.07, 6.45) is 5.51. The van der Waals surface area contributed by atoms with E-state index in [4.69, 9.17) is 9.15 Å². The first-order valence-electron chi connectivity index (χ1n) is 6.49. The van der Waals surface area contributed by atoms with E-state index >= 15 is 0 Å². The predicted octanol–water partition coefficient (Wildman–Crippen LogP) is 2.28. The van der Waals surface area contributed by atoms with Crippen LogP contribution in [0.1, 0.15) is 45.3 Å². The van der Waals surface area contributed by atoms with Gasteiger partial charge in [0.1, 0.15) is 5.76 Å². The number of ether oxygens (including phenoxy) is 1. The van der Waals surface area contributed by atoms with Gasteiger partial charge < -0.3 is 14.5 Å². The van der Waals surface area contributed by atoms with Crippen molar-refractivity contribution in [3.8, 4) is 0 Å². The summed E-state index contributed by atoms with van der Waals surface area (Å²) in [6.45, 7) is 7.04. The van der Waals surface area contributed by atoms with Crippen molar-refractivity contribution in [1.82, 2.24) is 10.3 Å². The van der Waals surface area contributed by atoms with Crippen molar-refractivity contribution in [2.75, 3.05) is 0 Å². The van der Waals surface area contributed by atoms with E-state index in [9.17, 15) is 0 Å². The summed E-state index contributed by atoms with van der Waals surface area (Å²) in [6, 6.07) is 0.505. The van der Waals surface area contributed by atoms with Crippen molar-refractivity contribution in [3.05, 3.63) is 17.8 Å². The van der Waals surface area contributed by atoms with Gasteiger partial charge in [0.2, 0.25) is 5.89 Å². The average molecular weight is 238 g/mol. The van der Waals surface area contributed by atoms with Crippen molar-refractivity contribution in [1.29, 1.82) is 0 Å². The topological polar surface area (TPSA) is 47.3 Å². The molecular formula is C13H22N2O2. The largest absolute Gasteiger partial charge is 0.444 e. The molecule has 1 N–H and O–H groups in total. The van der Waals surface area contributed by atoms with Crippen LogP contribution < -0.4 is 5.32 Å². The van der Waals surface area contributed by atoms with Gasteiger partial charge >= 0.3 is 0 Å². The number of oxazole rings is 1. The van der Waals surface area contributed by atoms with Crippen molar-refractivity contribution < 1.29 is 9.15 Å². The smallest absolute Gasteiger partial charge is 0.208 e. The van der Waals surface area contributed by atoms with Gasteiger partial charge in [0, 0.05) is 12.5 Å². The maximum absolute atomic E-state index is 5.71. The van der Waals surface area contributed by atoms with E-state index in [0.29, 0.717) is 24.8 Å². The molecule has 1 fully saturated rings. The molecule has 1 aliphatic heterocycles. The Morgan fingerprint density at radius 1 is 1.35 bits per heavy atom. The van der Waals surface area contributed by atoms with Crippen molar-refractivity contribution >= 4 is 0 Å². The van der Waals surface area contributed by atoms with E-state index < -0.39 is 0 Å². The molecule has 2 rings (SSSR count). The fraction of sp³-hybridized carbons (Fsp3) is 0.769. The zero-order chi connectivity index (χ0) is 12.3. The van der Waals surface area contributed by atoms with Gasteiger partial charge in [-0.25, -0.2) is 4.98 Å². The van der Waals surface area contributed by atoms with Gasteiger partial charge in [-0.05, 0) is 26.7 Å². The molecular weight excluding hydrogens is 216 g/mol. The molecule has 96 valence electrons. The molecule has 1 aromatic heterocycles. The van der Waals surface area contributed by atoms with Crippen LogP contribution in [0.5, 0.6) is 0 Å². The molecule has 4 nitrogen and oxygen atoms in total. The zero-order valence-corrected chi connectivity index (χ0v) is 10.9. The van der Waals surface area contributed by atoms with Crippen LogP contribution in [0.15, 0.2) is 10.6 Å². The number of hydrogen-bond donors (Lipinski definition) is 1. The van der Waals surface area contributed by atoms with Crippen molar-refractivity contribution in [2.24, 2.45) is 0 Å². The lowest BCUT2D eigenvalue weighted by Crippen LogP contribution is -2.41. The zero-order valence-electron chi connectivity index (χ0n) is 10.9. The maximum atomic E-state index is 5.71. The Balaban J connectivity index is 1.81. The maximum Gasteiger partial charge on any atom is 0.208 e. The monoisotopic (exact) mass is 238 g/mol. The Kier molecular flexibility index (Phi) is 4.18. The predicted molar refractivity (Wildman–Crippen MR) is 65.8 cm³/mol. The highest BCUT2D eigenvalue weighted by Crippen LogP contribution is 2.19. The second-order valence-electron chi connectivity index (χ2n) is 4.88. The fourth-order valence-corrected chi connectivity index (χ4v) is 2.40. The summed E-state index contributed by atoms with van der Waals surface area (Å²) >= 11 is 0. The normalized spacial score (nSPS) is 29.5. The van der Waals surface area contributed by atoms with E-state index in [1.807, 2.05) is 6.20 Å². The molecule has 1 saturated heterocycles. The van der Waals surface area contributed by atoms with Gasteiger partial charge in [-0.3, -0.25) is 0 Å². The second kappa shape index (κ2) is 5.65. The molecule has 0 spiro atoms. The molecule has 0 bridgehead atoms. The number of aromatic nitrogens is 1. The van der Waals surface area contributed by atoms with Gasteiger partial charge in [0.15, 0.2) is 0 Å². The molecule has 2 unspecified atom stereocenters. The second-order valence-corrected chi connectivity index (χ2v) is 4.88. The Labute approximate surface area is 103 Å². The Hall–Kier alpha value is -0.870. The van der Waals surface area contributed by atoms with Gasteiger partial charge in [0.05, 0.1) is 24.9 Å². The highest BCUT2D eigenvalue weighted by Gasteiger charge is 2.24. The SMILES string of the molecule is CCc1cnc(CNC2CC(C)OC(C)C2)o1. The van der Waals surface area contributed by atoms with E-state index in [0.717, 1.165) is 30.9 Å². The van der Waals surface area contributed by atoms with Crippen LogP contribution >= 0.6 is 0 Å². The molecule has 0 amide bonds. The molecule has 2 atom stereocenters. The van der Waals surface area contributed by atoms with Gasteiger partial charge in [-0.1, -0.05) is 6.92 Å². The van der Waals surface area contributed by atoms with Crippen LogP contribution in [-0.4, -0.2) is 23.2 Å². The van der Waals surface area contributed by atoms with Gasteiger partial charge in [0.25, 0.3) is 0 Å². The lowest BCUT2D eigenvalue weighted by atomic mass is 10.00. The van der Waals surface area contributed by atoms with E-state index in [1.165, 1.54) is 0 Å². The summed E-state index contributed by atoms with van der Waals surface area (Å²) in [5.74, 6) is 1.74. The number of nitrogens with one attached hydrogen (secondary N) is 1. The Morgan fingerprint density at radius 3 is 2.65 bits per heavy atom. The summed E-state index contributed by atoms with van der Waals surface area (Å²) in [5, 5.41) is 3.50. The number of nitrogens with zero attached hydrogens (tertiary/aromatic N) is 1. The minimum Gasteiger partial charge on any atom is -0.444 e. The number of aryl methyl sites for hydroxylation is 1. The van der Waals surface area contributed by atoms with Crippen LogP contribution in [-0.2, 0) is 17.7 Å². The van der Waals surface area contributed by atoms with Crippen LogP contribution in [0.3, 0.4) is 0 Å². The third-order valence-electron chi connectivity index (χ3n) is 3.19. The summed E-state index contributed by atoms with van der Waals surface area (Å²) < 4.78 is 11.3. The average Bonchev–Trinajstić information content (AvgIpc) is 2.73. The molecule has 1 aromatic rings.